The summed E-state index contributed by atoms with van der Waals surface area (Å²) >= 11 is 7.00. The summed E-state index contributed by atoms with van der Waals surface area (Å²) < 4.78 is 39.9. The minimum atomic E-state index is -3.72. The number of unbranched alkanes of at least 4 members (excludes halogenated alkanes) is 2. The molecule has 0 unspecified atom stereocenters. The average Bonchev–Trinajstić information content (AvgIpc) is 3.01. The molecule has 4 aromatic rings. The molecular formula is C37H42Br2O4S. The molecule has 4 nitrogen and oxygen atoms in total. The third-order valence-electron chi connectivity index (χ3n) is 8.11. The van der Waals surface area contributed by atoms with Crippen LogP contribution < -0.4 is 9.47 Å². The molecule has 0 aliphatic heterocycles. The maximum atomic E-state index is 14.1. The average molecular weight is 743 g/mol. The summed E-state index contributed by atoms with van der Waals surface area (Å²) in [7, 11) is -2.05. The molecule has 0 bridgehead atoms. The van der Waals surface area contributed by atoms with Crippen LogP contribution in [0, 0.1) is 6.92 Å². The molecule has 4 rings (SSSR count). The first-order valence-corrected chi connectivity index (χ1v) is 18.8. The Morgan fingerprint density at radius 2 is 1.11 bits per heavy atom. The van der Waals surface area contributed by atoms with Crippen molar-refractivity contribution < 1.29 is 17.9 Å². The highest BCUT2D eigenvalue weighted by atomic mass is 79.9. The second kappa shape index (κ2) is 15.6. The summed E-state index contributed by atoms with van der Waals surface area (Å²) in [6, 6.07) is 27.4. The van der Waals surface area contributed by atoms with E-state index in [0.717, 1.165) is 70.8 Å². The second-order valence-electron chi connectivity index (χ2n) is 11.7. The number of alkyl halides is 2. The van der Waals surface area contributed by atoms with Crippen molar-refractivity contribution in [3.8, 4) is 17.2 Å². The van der Waals surface area contributed by atoms with Crippen LogP contribution in [0.2, 0.25) is 0 Å². The molecule has 44 heavy (non-hydrogen) atoms. The third kappa shape index (κ3) is 8.35. The van der Waals surface area contributed by atoms with Gasteiger partial charge < -0.3 is 9.47 Å². The Balaban J connectivity index is 1.61. The highest BCUT2D eigenvalue weighted by Crippen LogP contribution is 2.36. The van der Waals surface area contributed by atoms with Crippen molar-refractivity contribution in [2.75, 3.05) is 17.8 Å². The zero-order valence-corrected chi connectivity index (χ0v) is 30.0. The molecule has 0 saturated heterocycles. The summed E-state index contributed by atoms with van der Waals surface area (Å²) in [6.07, 6.45) is 5.14. The number of methoxy groups -OCH3 is 1. The van der Waals surface area contributed by atoms with Crippen LogP contribution in [0.4, 0.5) is 0 Å². The Morgan fingerprint density at radius 1 is 0.636 bits per heavy atom. The molecule has 0 amide bonds. The molecule has 0 saturated carbocycles. The van der Waals surface area contributed by atoms with Gasteiger partial charge in [-0.2, -0.15) is 0 Å². The van der Waals surface area contributed by atoms with Crippen LogP contribution in [-0.2, 0) is 28.1 Å². The van der Waals surface area contributed by atoms with Gasteiger partial charge in [-0.15, -0.1) is 0 Å². The Kier molecular flexibility index (Phi) is 12.1. The van der Waals surface area contributed by atoms with E-state index in [0.29, 0.717) is 27.7 Å². The van der Waals surface area contributed by atoms with E-state index in [2.05, 4.69) is 70.0 Å². The Morgan fingerprint density at radius 3 is 1.64 bits per heavy atom. The van der Waals surface area contributed by atoms with Gasteiger partial charge in [0, 0.05) is 16.1 Å². The smallest absolute Gasteiger partial charge is 0.207 e. The summed E-state index contributed by atoms with van der Waals surface area (Å²) in [5.41, 5.74) is 4.89. The van der Waals surface area contributed by atoms with E-state index < -0.39 is 9.84 Å². The van der Waals surface area contributed by atoms with E-state index in [9.17, 15) is 8.42 Å². The van der Waals surface area contributed by atoms with Crippen LogP contribution >= 0.6 is 31.9 Å². The van der Waals surface area contributed by atoms with Gasteiger partial charge in [0.1, 0.15) is 17.2 Å². The third-order valence-corrected chi connectivity index (χ3v) is 11.2. The predicted octanol–water partition coefficient (Wildman–Crippen LogP) is 10.4. The lowest BCUT2D eigenvalue weighted by Gasteiger charge is -2.26. The van der Waals surface area contributed by atoms with Crippen LogP contribution in [0.1, 0.15) is 67.3 Å². The number of sulfone groups is 1. The molecule has 0 aromatic heterocycles. The monoisotopic (exact) mass is 740 g/mol. The van der Waals surface area contributed by atoms with E-state index >= 15 is 0 Å². The first-order valence-electron chi connectivity index (χ1n) is 15.1. The first kappa shape index (κ1) is 34.3. The molecule has 234 valence electrons. The van der Waals surface area contributed by atoms with E-state index in [-0.39, 0.29) is 5.41 Å². The number of rotatable bonds is 15. The fraction of sp³-hybridized carbons (Fsp3) is 0.351. The lowest BCUT2D eigenvalue weighted by Crippen LogP contribution is -2.18. The molecular weight excluding hydrogens is 700 g/mol. The van der Waals surface area contributed by atoms with E-state index in [1.807, 2.05) is 49.4 Å². The number of hydrogen-bond donors (Lipinski definition) is 0. The SMILES string of the molecule is COc1ccc(C(C)(C)c2ccc(Oc3ccc(S(=O)(=O)c4ccc(C)cc4CCCCBr)c(CCCCBr)c3)cc2)cc1. The molecule has 7 heteroatoms. The topological polar surface area (TPSA) is 52.6 Å². The number of halogens is 2. The van der Waals surface area contributed by atoms with Gasteiger partial charge in [0.2, 0.25) is 9.84 Å². The van der Waals surface area contributed by atoms with Crippen LogP contribution in [0.5, 0.6) is 17.2 Å². The fourth-order valence-corrected chi connectivity index (χ4v) is 7.97. The van der Waals surface area contributed by atoms with E-state index in [4.69, 9.17) is 9.47 Å². The van der Waals surface area contributed by atoms with Gasteiger partial charge >= 0.3 is 0 Å². The van der Waals surface area contributed by atoms with Crippen molar-refractivity contribution in [1.82, 2.24) is 0 Å². The summed E-state index contributed by atoms with van der Waals surface area (Å²) in [5.74, 6) is 2.17. The van der Waals surface area contributed by atoms with Crippen molar-refractivity contribution in [2.24, 2.45) is 0 Å². The van der Waals surface area contributed by atoms with Gasteiger partial charge in [0.15, 0.2) is 0 Å². The number of hydrogen-bond acceptors (Lipinski definition) is 4. The summed E-state index contributed by atoms with van der Waals surface area (Å²) in [5, 5.41) is 1.78. The van der Waals surface area contributed by atoms with Crippen molar-refractivity contribution in [2.45, 2.75) is 74.5 Å². The van der Waals surface area contributed by atoms with Crippen LogP contribution in [-0.4, -0.2) is 26.2 Å². The molecule has 0 aliphatic carbocycles. The lowest BCUT2D eigenvalue weighted by atomic mass is 9.78. The van der Waals surface area contributed by atoms with E-state index in [1.54, 1.807) is 25.3 Å². The number of benzene rings is 4. The normalized spacial score (nSPS) is 11.9. The maximum absolute atomic E-state index is 14.1. The number of ether oxygens (including phenoxy) is 2. The molecule has 0 heterocycles. The molecule has 0 spiro atoms. The van der Waals surface area contributed by atoms with Gasteiger partial charge in [-0.25, -0.2) is 8.42 Å². The maximum Gasteiger partial charge on any atom is 0.207 e. The standard InChI is InChI=1S/C37H42Br2O4S/c1-27-11-21-35(28(25-27)9-5-7-23-38)44(40,41)36-22-20-34(26-29(36)10-6-8-24-39)43-33-18-14-31(15-19-33)37(2,3)30-12-16-32(42-4)17-13-30/h11-22,25-26H,5-10,23-24H2,1-4H3. The van der Waals surface area contributed by atoms with Crippen LogP contribution in [0.25, 0.3) is 0 Å². The Labute approximate surface area is 280 Å². The van der Waals surface area contributed by atoms with Gasteiger partial charge in [-0.05, 0) is 116 Å². The van der Waals surface area contributed by atoms with Gasteiger partial charge in [0.05, 0.1) is 16.9 Å². The molecule has 0 fully saturated rings. The zero-order valence-electron chi connectivity index (χ0n) is 26.0. The highest BCUT2D eigenvalue weighted by molar-refractivity contribution is 9.09. The largest absolute Gasteiger partial charge is 0.497 e. The zero-order chi connectivity index (χ0) is 31.7. The first-order chi connectivity index (χ1) is 21.1. The van der Waals surface area contributed by atoms with Crippen LogP contribution in [0.15, 0.2) is 94.7 Å². The highest BCUT2D eigenvalue weighted by Gasteiger charge is 2.26. The fourth-order valence-electron chi connectivity index (χ4n) is 5.43. The van der Waals surface area contributed by atoms with Crippen molar-refractivity contribution in [1.29, 1.82) is 0 Å². The van der Waals surface area contributed by atoms with Crippen molar-refractivity contribution in [3.05, 3.63) is 113 Å². The van der Waals surface area contributed by atoms with Gasteiger partial charge in [-0.1, -0.05) is 87.7 Å². The Bertz CT molecular complexity index is 1630. The molecule has 0 aliphatic rings. The van der Waals surface area contributed by atoms with Crippen LogP contribution in [0.3, 0.4) is 0 Å². The van der Waals surface area contributed by atoms with Gasteiger partial charge in [-0.3, -0.25) is 0 Å². The molecule has 0 N–H and O–H groups in total. The molecule has 0 atom stereocenters. The lowest BCUT2D eigenvalue weighted by molar-refractivity contribution is 0.414. The number of aryl methyl sites for hydroxylation is 3. The summed E-state index contributed by atoms with van der Waals surface area (Å²) in [6.45, 7) is 6.41. The molecule has 0 radical (unpaired) electrons. The summed E-state index contributed by atoms with van der Waals surface area (Å²) in [4.78, 5) is 0.768. The predicted molar refractivity (Wildman–Crippen MR) is 188 cm³/mol. The van der Waals surface area contributed by atoms with Crippen molar-refractivity contribution in [3.63, 3.8) is 0 Å². The minimum absolute atomic E-state index is 0.202. The minimum Gasteiger partial charge on any atom is -0.497 e. The second-order valence-corrected chi connectivity index (χ2v) is 15.1. The quantitative estimate of drug-likeness (QED) is 0.0899. The van der Waals surface area contributed by atoms with Gasteiger partial charge in [0.25, 0.3) is 0 Å². The van der Waals surface area contributed by atoms with Crippen molar-refractivity contribution >= 4 is 41.7 Å². The van der Waals surface area contributed by atoms with E-state index in [1.165, 1.54) is 5.56 Å². The Hall–Kier alpha value is -2.61. The molecule has 4 aromatic carbocycles.